The van der Waals surface area contributed by atoms with Gasteiger partial charge < -0.3 is 20.5 Å². The largest absolute Gasteiger partial charge is 0.493 e. The summed E-state index contributed by atoms with van der Waals surface area (Å²) < 4.78 is 10.3. The zero-order chi connectivity index (χ0) is 17.7. The van der Waals surface area contributed by atoms with Gasteiger partial charge in [-0.15, -0.1) is 11.3 Å². The van der Waals surface area contributed by atoms with E-state index in [0.29, 0.717) is 5.00 Å². The molecular formula is C14H13N3O6S. The summed E-state index contributed by atoms with van der Waals surface area (Å²) >= 11 is 1.14. The van der Waals surface area contributed by atoms with Crippen LogP contribution in [0.25, 0.3) is 0 Å². The lowest BCUT2D eigenvalue weighted by molar-refractivity contribution is -0.385. The van der Waals surface area contributed by atoms with Crippen LogP contribution in [0.1, 0.15) is 10.4 Å². The number of thiophene rings is 1. The first-order chi connectivity index (χ1) is 11.4. The normalized spacial score (nSPS) is 10.0. The van der Waals surface area contributed by atoms with Crippen molar-refractivity contribution in [3.63, 3.8) is 0 Å². The van der Waals surface area contributed by atoms with Crippen molar-refractivity contribution in [1.29, 1.82) is 0 Å². The molecule has 126 valence electrons. The van der Waals surface area contributed by atoms with Crippen molar-refractivity contribution in [2.24, 2.45) is 5.73 Å². The minimum atomic E-state index is -0.659. The van der Waals surface area contributed by atoms with Gasteiger partial charge in [0.2, 0.25) is 0 Å². The van der Waals surface area contributed by atoms with Gasteiger partial charge in [-0.25, -0.2) is 0 Å². The Morgan fingerprint density at radius 1 is 1.33 bits per heavy atom. The molecule has 0 bridgehead atoms. The van der Waals surface area contributed by atoms with Gasteiger partial charge in [0.05, 0.1) is 23.7 Å². The fraction of sp³-hybridized carbons (Fsp3) is 0.143. The Morgan fingerprint density at radius 3 is 2.71 bits per heavy atom. The van der Waals surface area contributed by atoms with Crippen LogP contribution in [-0.4, -0.2) is 30.5 Å². The molecule has 2 aromatic rings. The zero-order valence-electron chi connectivity index (χ0n) is 12.5. The maximum absolute atomic E-state index is 11.9. The fourth-order valence-corrected chi connectivity index (χ4v) is 2.61. The molecule has 0 spiro atoms. The molecule has 2 rings (SSSR count). The number of ether oxygens (including phenoxy) is 2. The standard InChI is InChI=1S/C14H13N3O6S/c1-22-10-3-2-8(17(20)21)6-11(10)23-7-12(18)16-14-9(13(15)19)4-5-24-14/h2-6H,7H2,1H3,(H2,15,19)(H,16,18). The van der Waals surface area contributed by atoms with Crippen molar-refractivity contribution in [3.8, 4) is 11.5 Å². The Balaban J connectivity index is 2.06. The van der Waals surface area contributed by atoms with Gasteiger partial charge in [0.15, 0.2) is 18.1 Å². The van der Waals surface area contributed by atoms with Gasteiger partial charge in [0.25, 0.3) is 17.5 Å². The number of methoxy groups -OCH3 is 1. The van der Waals surface area contributed by atoms with E-state index in [0.717, 1.165) is 17.4 Å². The second-order valence-corrected chi connectivity index (χ2v) is 5.37. The van der Waals surface area contributed by atoms with Crippen molar-refractivity contribution in [2.45, 2.75) is 0 Å². The second kappa shape index (κ2) is 7.42. The maximum atomic E-state index is 11.9. The third kappa shape index (κ3) is 3.98. The predicted octanol–water partition coefficient (Wildman–Crippen LogP) is 1.78. The van der Waals surface area contributed by atoms with Crippen molar-refractivity contribution >= 4 is 33.8 Å². The Kier molecular flexibility index (Phi) is 5.32. The Morgan fingerprint density at radius 2 is 2.08 bits per heavy atom. The minimum Gasteiger partial charge on any atom is -0.493 e. The molecule has 0 aliphatic rings. The molecular weight excluding hydrogens is 338 g/mol. The first-order valence-electron chi connectivity index (χ1n) is 6.54. The molecule has 10 heteroatoms. The number of nitrogens with zero attached hydrogens (tertiary/aromatic N) is 1. The van der Waals surface area contributed by atoms with Gasteiger partial charge in [0, 0.05) is 6.07 Å². The molecule has 3 N–H and O–H groups in total. The molecule has 1 aromatic heterocycles. The molecule has 9 nitrogen and oxygen atoms in total. The van der Waals surface area contributed by atoms with Crippen LogP contribution in [0, 0.1) is 10.1 Å². The van der Waals surface area contributed by atoms with Gasteiger partial charge in [0.1, 0.15) is 5.00 Å². The summed E-state index contributed by atoms with van der Waals surface area (Å²) in [7, 11) is 1.37. The number of anilines is 1. The number of primary amides is 1. The smallest absolute Gasteiger partial charge is 0.273 e. The van der Waals surface area contributed by atoms with E-state index in [-0.39, 0.29) is 22.7 Å². The van der Waals surface area contributed by atoms with Gasteiger partial charge in [-0.3, -0.25) is 19.7 Å². The maximum Gasteiger partial charge on any atom is 0.273 e. The van der Waals surface area contributed by atoms with Crippen LogP contribution in [0.3, 0.4) is 0 Å². The zero-order valence-corrected chi connectivity index (χ0v) is 13.3. The third-order valence-electron chi connectivity index (χ3n) is 2.90. The summed E-state index contributed by atoms with van der Waals surface area (Å²) in [5, 5.41) is 15.2. The number of benzene rings is 1. The van der Waals surface area contributed by atoms with E-state index in [1.54, 1.807) is 5.38 Å². The molecule has 0 saturated heterocycles. The molecule has 2 amide bonds. The molecule has 0 aliphatic heterocycles. The lowest BCUT2D eigenvalue weighted by Gasteiger charge is -2.10. The second-order valence-electron chi connectivity index (χ2n) is 4.46. The summed E-state index contributed by atoms with van der Waals surface area (Å²) in [6, 6.07) is 5.28. The molecule has 0 atom stereocenters. The molecule has 0 fully saturated rings. The van der Waals surface area contributed by atoms with Crippen molar-refractivity contribution in [1.82, 2.24) is 0 Å². The molecule has 0 aliphatic carbocycles. The Hall–Kier alpha value is -3.14. The highest BCUT2D eigenvalue weighted by Gasteiger charge is 2.16. The van der Waals surface area contributed by atoms with E-state index < -0.39 is 23.3 Å². The third-order valence-corrected chi connectivity index (χ3v) is 3.73. The monoisotopic (exact) mass is 351 g/mol. The van der Waals surface area contributed by atoms with Crippen LogP contribution < -0.4 is 20.5 Å². The first-order valence-corrected chi connectivity index (χ1v) is 7.42. The molecule has 0 radical (unpaired) electrons. The summed E-state index contributed by atoms with van der Waals surface area (Å²) in [6.45, 7) is -0.423. The van der Waals surface area contributed by atoms with Crippen LogP contribution in [0.15, 0.2) is 29.6 Å². The highest BCUT2D eigenvalue weighted by Crippen LogP contribution is 2.31. The predicted molar refractivity (Wildman–Crippen MR) is 86.6 cm³/mol. The van der Waals surface area contributed by atoms with Crippen LogP contribution in [0.4, 0.5) is 10.7 Å². The van der Waals surface area contributed by atoms with E-state index in [9.17, 15) is 19.7 Å². The minimum absolute atomic E-state index is 0.0585. The van der Waals surface area contributed by atoms with Crippen LogP contribution >= 0.6 is 11.3 Å². The number of hydrogen-bond donors (Lipinski definition) is 2. The average Bonchev–Trinajstić information content (AvgIpc) is 3.00. The molecule has 1 aromatic carbocycles. The van der Waals surface area contributed by atoms with Crippen molar-refractivity contribution in [3.05, 3.63) is 45.3 Å². The van der Waals surface area contributed by atoms with E-state index in [1.165, 1.54) is 25.3 Å². The van der Waals surface area contributed by atoms with E-state index in [4.69, 9.17) is 15.2 Å². The van der Waals surface area contributed by atoms with E-state index in [1.807, 2.05) is 0 Å². The van der Waals surface area contributed by atoms with Gasteiger partial charge >= 0.3 is 0 Å². The number of amides is 2. The molecule has 0 saturated carbocycles. The molecule has 0 unspecified atom stereocenters. The highest BCUT2D eigenvalue weighted by atomic mass is 32.1. The number of nitrogens with two attached hydrogens (primary N) is 1. The summed E-state index contributed by atoms with van der Waals surface area (Å²) in [6.07, 6.45) is 0. The number of nitrogens with one attached hydrogen (secondary N) is 1. The Bertz CT molecular complexity index is 789. The first kappa shape index (κ1) is 17.2. The van der Waals surface area contributed by atoms with Crippen LogP contribution in [0.2, 0.25) is 0 Å². The van der Waals surface area contributed by atoms with Gasteiger partial charge in [-0.1, -0.05) is 0 Å². The van der Waals surface area contributed by atoms with Crippen molar-refractivity contribution in [2.75, 3.05) is 19.0 Å². The number of carbonyl (C=O) groups excluding carboxylic acids is 2. The quantitative estimate of drug-likeness (QED) is 0.577. The van der Waals surface area contributed by atoms with Crippen LogP contribution in [-0.2, 0) is 4.79 Å². The number of hydrogen-bond acceptors (Lipinski definition) is 7. The number of nitro benzene ring substituents is 1. The molecule has 24 heavy (non-hydrogen) atoms. The van der Waals surface area contributed by atoms with E-state index in [2.05, 4.69) is 5.32 Å². The average molecular weight is 351 g/mol. The topological polar surface area (TPSA) is 134 Å². The highest BCUT2D eigenvalue weighted by molar-refractivity contribution is 7.14. The van der Waals surface area contributed by atoms with Gasteiger partial charge in [-0.05, 0) is 17.5 Å². The summed E-state index contributed by atoms with van der Waals surface area (Å²) in [5.74, 6) is -0.896. The fourth-order valence-electron chi connectivity index (χ4n) is 1.80. The summed E-state index contributed by atoms with van der Waals surface area (Å²) in [5.41, 5.74) is 5.19. The van der Waals surface area contributed by atoms with Crippen molar-refractivity contribution < 1.29 is 24.0 Å². The molecule has 1 heterocycles. The number of non-ortho nitro benzene ring substituents is 1. The number of carbonyl (C=O) groups is 2. The number of rotatable bonds is 7. The lowest BCUT2D eigenvalue weighted by atomic mass is 10.3. The van der Waals surface area contributed by atoms with Gasteiger partial charge in [-0.2, -0.15) is 0 Å². The van der Waals surface area contributed by atoms with Crippen LogP contribution in [0.5, 0.6) is 11.5 Å². The SMILES string of the molecule is COc1ccc([N+](=O)[O-])cc1OCC(=O)Nc1sccc1C(N)=O. The van der Waals surface area contributed by atoms with E-state index >= 15 is 0 Å². The number of nitro groups is 1. The summed E-state index contributed by atoms with van der Waals surface area (Å²) in [4.78, 5) is 33.3. The Labute approximate surface area is 140 Å². The lowest BCUT2D eigenvalue weighted by Crippen LogP contribution is -2.22.